The number of aromatic nitrogens is 2. The monoisotopic (exact) mass is 344 g/mol. The van der Waals surface area contributed by atoms with E-state index < -0.39 is 0 Å². The number of benzene rings is 1. The lowest BCUT2D eigenvalue weighted by Crippen LogP contribution is -2.27. The molecule has 1 aliphatic rings. The number of nitriles is 1. The van der Waals surface area contributed by atoms with E-state index in [2.05, 4.69) is 16.5 Å². The summed E-state index contributed by atoms with van der Waals surface area (Å²) in [5.41, 5.74) is 1.10. The second kappa shape index (κ2) is 6.54. The minimum Gasteiger partial charge on any atom is -0.493 e. The second-order valence-electron chi connectivity index (χ2n) is 5.94. The molecule has 0 fully saturated rings. The summed E-state index contributed by atoms with van der Waals surface area (Å²) in [7, 11) is 0. The van der Waals surface area contributed by atoms with Crippen molar-refractivity contribution in [1.82, 2.24) is 9.78 Å². The average Bonchev–Trinajstić information content (AvgIpc) is 2.97. The number of amides is 1. The molecule has 7 heteroatoms. The largest absolute Gasteiger partial charge is 0.493 e. The number of fused-ring (bicyclic) bond motifs is 1. The Morgan fingerprint density at radius 2 is 2.33 bits per heavy atom. The first-order valence-electron chi connectivity index (χ1n) is 7.72. The van der Waals surface area contributed by atoms with E-state index in [4.69, 9.17) is 16.3 Å². The Hall–Kier alpha value is -2.52. The molecule has 0 spiro atoms. The molecular weight excluding hydrogens is 328 g/mol. The molecule has 2 heterocycles. The van der Waals surface area contributed by atoms with Gasteiger partial charge in [-0.1, -0.05) is 11.6 Å². The molecule has 2 aromatic rings. The number of rotatable bonds is 3. The number of ether oxygens (including phenoxy) is 1. The van der Waals surface area contributed by atoms with Gasteiger partial charge in [-0.05, 0) is 38.5 Å². The molecule has 1 amide bonds. The second-order valence-corrected chi connectivity index (χ2v) is 6.37. The zero-order chi connectivity index (χ0) is 17.3. The van der Waals surface area contributed by atoms with Crippen molar-refractivity contribution in [2.24, 2.45) is 0 Å². The molecule has 3 rings (SSSR count). The molecule has 0 bridgehead atoms. The molecular formula is C17H17ClN4O2. The summed E-state index contributed by atoms with van der Waals surface area (Å²) in [4.78, 5) is 12.7. The first-order chi connectivity index (χ1) is 11.5. The predicted molar refractivity (Wildman–Crippen MR) is 90.3 cm³/mol. The molecule has 1 N–H and O–H groups in total. The summed E-state index contributed by atoms with van der Waals surface area (Å²) in [5, 5.41) is 16.9. The number of nitrogens with zero attached hydrogens (tertiary/aromatic N) is 3. The van der Waals surface area contributed by atoms with Gasteiger partial charge in [-0.2, -0.15) is 10.4 Å². The first kappa shape index (κ1) is 16.3. The van der Waals surface area contributed by atoms with Crippen LogP contribution < -0.4 is 10.1 Å². The zero-order valence-corrected chi connectivity index (χ0v) is 14.2. The van der Waals surface area contributed by atoms with E-state index in [-0.39, 0.29) is 23.7 Å². The molecule has 1 atom stereocenters. The molecule has 0 saturated heterocycles. The van der Waals surface area contributed by atoms with Crippen molar-refractivity contribution >= 4 is 23.3 Å². The van der Waals surface area contributed by atoms with Gasteiger partial charge in [0.25, 0.3) is 0 Å². The van der Waals surface area contributed by atoms with Crippen molar-refractivity contribution in [1.29, 1.82) is 5.26 Å². The number of hydrogen-bond donors (Lipinski definition) is 1. The minimum atomic E-state index is -0.386. The van der Waals surface area contributed by atoms with Gasteiger partial charge < -0.3 is 10.1 Å². The fraction of sp³-hybridized carbons (Fsp3) is 0.353. The molecule has 6 nitrogen and oxygen atoms in total. The van der Waals surface area contributed by atoms with Crippen molar-refractivity contribution in [3.05, 3.63) is 40.5 Å². The van der Waals surface area contributed by atoms with Crippen molar-refractivity contribution in [2.75, 3.05) is 11.9 Å². The van der Waals surface area contributed by atoms with Gasteiger partial charge in [-0.3, -0.25) is 9.48 Å². The standard InChI is InChI=1S/C17H17ClN4O2/c1-10(2)22-9-11(8-19)16(21-22)20-17(23)13-5-6-24-15-4-3-12(18)7-14(13)15/h3-4,7,9-10,13H,5-6H2,1-2H3,(H,20,21,23)/t13-/m1/s1. The summed E-state index contributed by atoms with van der Waals surface area (Å²) in [6, 6.07) is 7.42. The summed E-state index contributed by atoms with van der Waals surface area (Å²) in [6.07, 6.45) is 2.18. The summed E-state index contributed by atoms with van der Waals surface area (Å²) >= 11 is 6.05. The van der Waals surface area contributed by atoms with Crippen molar-refractivity contribution in [3.63, 3.8) is 0 Å². The van der Waals surface area contributed by atoms with Crippen LogP contribution in [0, 0.1) is 11.3 Å². The lowest BCUT2D eigenvalue weighted by atomic mass is 9.92. The molecule has 0 saturated carbocycles. The number of hydrogen-bond acceptors (Lipinski definition) is 4. The van der Waals surface area contributed by atoms with Gasteiger partial charge in [-0.25, -0.2) is 0 Å². The number of nitrogens with one attached hydrogen (secondary N) is 1. The van der Waals surface area contributed by atoms with Crippen LogP contribution in [-0.2, 0) is 4.79 Å². The van der Waals surface area contributed by atoms with Gasteiger partial charge in [0.15, 0.2) is 5.82 Å². The Kier molecular flexibility index (Phi) is 4.45. The maximum absolute atomic E-state index is 12.7. The van der Waals surface area contributed by atoms with Crippen LogP contribution in [0.4, 0.5) is 5.82 Å². The summed E-state index contributed by atoms with van der Waals surface area (Å²) in [5.74, 6) is 0.348. The molecule has 1 aromatic heterocycles. The van der Waals surface area contributed by atoms with E-state index in [1.807, 2.05) is 13.8 Å². The molecule has 124 valence electrons. The SMILES string of the molecule is CC(C)n1cc(C#N)c(NC(=O)[C@@H]2CCOc3ccc(Cl)cc32)n1. The van der Waals surface area contributed by atoms with E-state index >= 15 is 0 Å². The van der Waals surface area contributed by atoms with Crippen LogP contribution in [-0.4, -0.2) is 22.3 Å². The third kappa shape index (κ3) is 3.08. The minimum absolute atomic E-state index is 0.102. The Morgan fingerprint density at radius 1 is 1.54 bits per heavy atom. The lowest BCUT2D eigenvalue weighted by molar-refractivity contribution is -0.118. The lowest BCUT2D eigenvalue weighted by Gasteiger charge is -2.25. The Bertz CT molecular complexity index is 822. The third-order valence-corrected chi connectivity index (χ3v) is 4.19. The van der Waals surface area contributed by atoms with E-state index in [0.29, 0.717) is 29.4 Å². The van der Waals surface area contributed by atoms with Crippen LogP contribution in [0.2, 0.25) is 5.02 Å². The van der Waals surface area contributed by atoms with Crippen LogP contribution in [0.15, 0.2) is 24.4 Å². The predicted octanol–water partition coefficient (Wildman–Crippen LogP) is 3.49. The topological polar surface area (TPSA) is 79.9 Å². The van der Waals surface area contributed by atoms with Gasteiger partial charge in [0.1, 0.15) is 17.4 Å². The number of anilines is 1. The van der Waals surface area contributed by atoms with Gasteiger partial charge >= 0.3 is 0 Å². The maximum Gasteiger partial charge on any atom is 0.233 e. The number of carbonyl (C=O) groups excluding carboxylic acids is 1. The highest BCUT2D eigenvalue weighted by molar-refractivity contribution is 6.30. The fourth-order valence-electron chi connectivity index (χ4n) is 2.67. The quantitative estimate of drug-likeness (QED) is 0.924. The highest BCUT2D eigenvalue weighted by atomic mass is 35.5. The number of halogens is 1. The van der Waals surface area contributed by atoms with Crippen molar-refractivity contribution in [2.45, 2.75) is 32.2 Å². The molecule has 24 heavy (non-hydrogen) atoms. The van der Waals surface area contributed by atoms with Crippen molar-refractivity contribution in [3.8, 4) is 11.8 Å². The summed E-state index contributed by atoms with van der Waals surface area (Å²) < 4.78 is 7.23. The van der Waals surface area contributed by atoms with E-state index in [9.17, 15) is 10.1 Å². The van der Waals surface area contributed by atoms with Crippen LogP contribution in [0.1, 0.15) is 43.4 Å². The highest BCUT2D eigenvalue weighted by Gasteiger charge is 2.29. The van der Waals surface area contributed by atoms with Crippen LogP contribution in [0.3, 0.4) is 0 Å². The van der Waals surface area contributed by atoms with Crippen LogP contribution in [0.25, 0.3) is 0 Å². The Labute approximate surface area is 145 Å². The maximum atomic E-state index is 12.7. The third-order valence-electron chi connectivity index (χ3n) is 3.95. The van der Waals surface area contributed by atoms with E-state index in [1.165, 1.54) is 0 Å². The molecule has 1 aromatic carbocycles. The van der Waals surface area contributed by atoms with Gasteiger partial charge in [0.05, 0.1) is 12.5 Å². The Morgan fingerprint density at radius 3 is 3.04 bits per heavy atom. The normalized spacial score (nSPS) is 16.2. The molecule has 1 aliphatic heterocycles. The molecule has 0 radical (unpaired) electrons. The van der Waals surface area contributed by atoms with Gasteiger partial charge in [0, 0.05) is 22.8 Å². The van der Waals surface area contributed by atoms with Gasteiger partial charge in [0.2, 0.25) is 5.91 Å². The average molecular weight is 345 g/mol. The van der Waals surface area contributed by atoms with Crippen LogP contribution in [0.5, 0.6) is 5.75 Å². The van der Waals surface area contributed by atoms with Crippen molar-refractivity contribution < 1.29 is 9.53 Å². The fourth-order valence-corrected chi connectivity index (χ4v) is 2.85. The van der Waals surface area contributed by atoms with Crippen LogP contribution >= 0.6 is 11.6 Å². The highest BCUT2D eigenvalue weighted by Crippen LogP contribution is 2.36. The van der Waals surface area contributed by atoms with E-state index in [1.54, 1.807) is 29.1 Å². The zero-order valence-electron chi connectivity index (χ0n) is 13.4. The molecule has 0 unspecified atom stereocenters. The van der Waals surface area contributed by atoms with Gasteiger partial charge in [-0.15, -0.1) is 0 Å². The first-order valence-corrected chi connectivity index (χ1v) is 8.09. The summed E-state index contributed by atoms with van der Waals surface area (Å²) in [6.45, 7) is 4.37. The molecule has 0 aliphatic carbocycles. The van der Waals surface area contributed by atoms with E-state index in [0.717, 1.165) is 5.56 Å². The Balaban J connectivity index is 1.87. The smallest absolute Gasteiger partial charge is 0.233 e. The number of carbonyl (C=O) groups is 1.